The Kier molecular flexibility index (Phi) is 8.12. The molecule has 2 atom stereocenters. The van der Waals surface area contributed by atoms with Crippen LogP contribution in [0.1, 0.15) is 37.7 Å². The zero-order chi connectivity index (χ0) is 27.2. The van der Waals surface area contributed by atoms with Crippen molar-refractivity contribution in [1.82, 2.24) is 15.0 Å². The van der Waals surface area contributed by atoms with Gasteiger partial charge in [-0.05, 0) is 30.3 Å². The average Bonchev–Trinajstić information content (AvgIpc) is 3.56. The lowest BCUT2D eigenvalue weighted by Crippen LogP contribution is -2.36. The molecule has 3 aromatic rings. The van der Waals surface area contributed by atoms with E-state index in [-0.39, 0.29) is 17.6 Å². The molecule has 0 radical (unpaired) electrons. The molecule has 2 amide bonds. The van der Waals surface area contributed by atoms with Gasteiger partial charge in [0.05, 0.1) is 25.4 Å². The molecule has 0 bridgehead atoms. The van der Waals surface area contributed by atoms with Crippen molar-refractivity contribution in [2.75, 3.05) is 50.1 Å². The van der Waals surface area contributed by atoms with Crippen molar-refractivity contribution in [2.45, 2.75) is 38.4 Å². The SMILES string of the molecule is CC(C)(C)c1cc(NC(=O)Nc2ccc(C#Cc3ccc(OCCN4C[C@@H]5OCCO[C@@H]5C4)nc3)cc2)no1. The summed E-state index contributed by atoms with van der Waals surface area (Å²) >= 11 is 0. The van der Waals surface area contributed by atoms with Crippen molar-refractivity contribution in [3.8, 4) is 17.7 Å². The quantitative estimate of drug-likeness (QED) is 0.461. The first-order valence-corrected chi connectivity index (χ1v) is 13.0. The van der Waals surface area contributed by atoms with Gasteiger partial charge in [-0.25, -0.2) is 9.78 Å². The van der Waals surface area contributed by atoms with Crippen molar-refractivity contribution < 1.29 is 23.5 Å². The topological polar surface area (TPSA) is 111 Å². The number of amides is 2. The maximum atomic E-state index is 12.3. The minimum atomic E-state index is -0.405. The van der Waals surface area contributed by atoms with E-state index in [1.54, 1.807) is 24.4 Å². The fourth-order valence-electron chi connectivity index (χ4n) is 4.29. The Morgan fingerprint density at radius 3 is 2.36 bits per heavy atom. The van der Waals surface area contributed by atoms with Crippen LogP contribution in [0.5, 0.6) is 5.88 Å². The van der Waals surface area contributed by atoms with E-state index in [0.717, 1.165) is 30.8 Å². The summed E-state index contributed by atoms with van der Waals surface area (Å²) in [5.41, 5.74) is 2.04. The van der Waals surface area contributed by atoms with Gasteiger partial charge in [0.15, 0.2) is 5.82 Å². The van der Waals surface area contributed by atoms with Gasteiger partial charge in [0.25, 0.3) is 0 Å². The zero-order valence-electron chi connectivity index (χ0n) is 22.4. The largest absolute Gasteiger partial charge is 0.476 e. The second-order valence-corrected chi connectivity index (χ2v) is 10.5. The van der Waals surface area contributed by atoms with E-state index in [1.165, 1.54) is 0 Å². The van der Waals surface area contributed by atoms with Crippen LogP contribution in [0.15, 0.2) is 53.2 Å². The summed E-state index contributed by atoms with van der Waals surface area (Å²) in [6, 6.07) is 12.3. The highest BCUT2D eigenvalue weighted by Gasteiger charge is 2.36. The summed E-state index contributed by atoms with van der Waals surface area (Å²) in [5, 5.41) is 9.34. The molecular formula is C29H33N5O5. The van der Waals surface area contributed by atoms with Crippen LogP contribution in [0.4, 0.5) is 16.3 Å². The summed E-state index contributed by atoms with van der Waals surface area (Å²) in [7, 11) is 0. The molecule has 0 saturated carbocycles. The Bertz CT molecular complexity index is 1310. The maximum Gasteiger partial charge on any atom is 0.324 e. The number of pyridine rings is 1. The van der Waals surface area contributed by atoms with Gasteiger partial charge >= 0.3 is 6.03 Å². The van der Waals surface area contributed by atoms with Crippen molar-refractivity contribution in [2.24, 2.45) is 0 Å². The summed E-state index contributed by atoms with van der Waals surface area (Å²) in [6.07, 6.45) is 2.05. The van der Waals surface area contributed by atoms with Gasteiger partial charge in [-0.3, -0.25) is 10.2 Å². The monoisotopic (exact) mass is 531 g/mol. The van der Waals surface area contributed by atoms with E-state index in [4.69, 9.17) is 18.7 Å². The Morgan fingerprint density at radius 1 is 1.03 bits per heavy atom. The van der Waals surface area contributed by atoms with E-state index in [1.807, 2.05) is 45.0 Å². The van der Waals surface area contributed by atoms with Gasteiger partial charge in [-0.2, -0.15) is 0 Å². The fraction of sp³-hybridized carbons (Fsp3) is 0.414. The maximum absolute atomic E-state index is 12.3. The molecule has 0 unspecified atom stereocenters. The molecule has 10 heteroatoms. The van der Waals surface area contributed by atoms with Crippen LogP contribution in [0.2, 0.25) is 0 Å². The first-order chi connectivity index (χ1) is 18.8. The molecule has 2 N–H and O–H groups in total. The highest BCUT2D eigenvalue weighted by molar-refractivity contribution is 5.99. The highest BCUT2D eigenvalue weighted by atomic mass is 16.6. The fourth-order valence-corrected chi connectivity index (χ4v) is 4.29. The molecule has 2 aliphatic heterocycles. The lowest BCUT2D eigenvalue weighted by atomic mass is 9.93. The van der Waals surface area contributed by atoms with Gasteiger partial charge in [-0.1, -0.05) is 37.8 Å². The second-order valence-electron chi connectivity index (χ2n) is 10.5. The number of carbonyl (C=O) groups excluding carboxylic acids is 1. The highest BCUT2D eigenvalue weighted by Crippen LogP contribution is 2.24. The van der Waals surface area contributed by atoms with Crippen LogP contribution in [0.3, 0.4) is 0 Å². The van der Waals surface area contributed by atoms with E-state index in [2.05, 4.69) is 37.5 Å². The lowest BCUT2D eigenvalue weighted by Gasteiger charge is -2.24. The van der Waals surface area contributed by atoms with Gasteiger partial charge in [-0.15, -0.1) is 0 Å². The normalized spacial score (nSPS) is 19.1. The Morgan fingerprint density at radius 2 is 1.72 bits per heavy atom. The molecule has 2 aliphatic rings. The Labute approximate surface area is 228 Å². The predicted octanol–water partition coefficient (Wildman–Crippen LogP) is 3.89. The minimum Gasteiger partial charge on any atom is -0.476 e. The molecule has 39 heavy (non-hydrogen) atoms. The number of nitrogens with one attached hydrogen (secondary N) is 2. The number of rotatable bonds is 6. The molecule has 2 fully saturated rings. The lowest BCUT2D eigenvalue weighted by molar-refractivity contribution is -0.116. The molecule has 0 spiro atoms. The van der Waals surface area contributed by atoms with Gasteiger partial charge in [0.2, 0.25) is 5.88 Å². The number of urea groups is 1. The number of benzene rings is 1. The molecule has 10 nitrogen and oxygen atoms in total. The van der Waals surface area contributed by atoms with Crippen LogP contribution < -0.4 is 15.4 Å². The number of hydrogen-bond acceptors (Lipinski definition) is 8. The smallest absolute Gasteiger partial charge is 0.324 e. The molecule has 5 rings (SSSR count). The number of nitrogens with zero attached hydrogens (tertiary/aromatic N) is 3. The van der Waals surface area contributed by atoms with Crippen molar-refractivity contribution in [3.05, 3.63) is 65.5 Å². The Hall–Kier alpha value is -3.91. The van der Waals surface area contributed by atoms with Crippen LogP contribution in [0.25, 0.3) is 0 Å². The minimum absolute atomic E-state index is 0.175. The molecule has 0 aliphatic carbocycles. The van der Waals surface area contributed by atoms with Crippen molar-refractivity contribution >= 4 is 17.5 Å². The third-order valence-corrected chi connectivity index (χ3v) is 6.42. The van der Waals surface area contributed by atoms with E-state index in [9.17, 15) is 4.79 Å². The second kappa shape index (κ2) is 11.9. The van der Waals surface area contributed by atoms with Crippen LogP contribution in [0, 0.1) is 11.8 Å². The summed E-state index contributed by atoms with van der Waals surface area (Å²) in [5.74, 6) is 7.84. The molecule has 2 saturated heterocycles. The predicted molar refractivity (Wildman–Crippen MR) is 146 cm³/mol. The van der Waals surface area contributed by atoms with Crippen molar-refractivity contribution in [1.29, 1.82) is 0 Å². The van der Waals surface area contributed by atoms with Gasteiger partial charge in [0.1, 0.15) is 12.4 Å². The molecular weight excluding hydrogens is 498 g/mol. The molecule has 2 aromatic heterocycles. The summed E-state index contributed by atoms with van der Waals surface area (Å²) in [4.78, 5) is 19.0. The van der Waals surface area contributed by atoms with Gasteiger partial charge < -0.3 is 24.1 Å². The number of ether oxygens (including phenoxy) is 3. The van der Waals surface area contributed by atoms with Crippen LogP contribution in [-0.2, 0) is 14.9 Å². The van der Waals surface area contributed by atoms with E-state index >= 15 is 0 Å². The molecule has 204 valence electrons. The molecule has 1 aromatic carbocycles. The molecule has 4 heterocycles. The van der Waals surface area contributed by atoms with Gasteiger partial charge in [0, 0.05) is 60.2 Å². The number of hydrogen-bond donors (Lipinski definition) is 2. The number of carbonyl (C=O) groups is 1. The van der Waals surface area contributed by atoms with E-state index in [0.29, 0.717) is 43.0 Å². The number of aromatic nitrogens is 2. The standard InChI is InChI=1S/C29H33N5O5/c1-29(2,3)25-16-26(33-39-25)32-28(35)31-22-9-6-20(7-10-22)4-5-21-8-11-27(30-17-21)38-13-12-34-18-23-24(19-34)37-15-14-36-23/h6-11,16-17,23-24H,12-15,18-19H2,1-3H3,(H2,31,32,33,35)/t23-,24+. The van der Waals surface area contributed by atoms with Crippen LogP contribution in [-0.4, -0.2) is 72.7 Å². The van der Waals surface area contributed by atoms with E-state index < -0.39 is 6.03 Å². The first-order valence-electron chi connectivity index (χ1n) is 13.0. The average molecular weight is 532 g/mol. The van der Waals surface area contributed by atoms with Crippen molar-refractivity contribution in [3.63, 3.8) is 0 Å². The Balaban J connectivity index is 1.06. The zero-order valence-corrected chi connectivity index (χ0v) is 22.4. The number of anilines is 2. The summed E-state index contributed by atoms with van der Waals surface area (Å²) < 4.78 is 22.6. The third kappa shape index (κ3) is 7.35. The summed E-state index contributed by atoms with van der Waals surface area (Å²) in [6.45, 7) is 10.5. The first kappa shape index (κ1) is 26.7. The number of likely N-dealkylation sites (tertiary alicyclic amines) is 1. The third-order valence-electron chi connectivity index (χ3n) is 6.42. The number of fused-ring (bicyclic) bond motifs is 1. The van der Waals surface area contributed by atoms with Crippen LogP contribution >= 0.6 is 0 Å².